The second kappa shape index (κ2) is 9.93. The molecular weight excluding hydrogens is 463 g/mol. The first-order valence-electron chi connectivity index (χ1n) is 11.2. The second-order valence-electron chi connectivity index (χ2n) is 8.13. The number of hydrogen-bond donors (Lipinski definition) is 0. The molecule has 0 atom stereocenters. The van der Waals surface area contributed by atoms with Crippen molar-refractivity contribution in [3.63, 3.8) is 0 Å². The van der Waals surface area contributed by atoms with Gasteiger partial charge in [-0.25, -0.2) is 9.37 Å². The maximum absolute atomic E-state index is 13.2. The summed E-state index contributed by atoms with van der Waals surface area (Å²) in [4.78, 5) is 15.5. The number of imidazole rings is 1. The Morgan fingerprint density at radius 1 is 1.00 bits per heavy atom. The van der Waals surface area contributed by atoms with Crippen molar-refractivity contribution in [3.05, 3.63) is 118 Å². The average Bonchev–Trinajstić information content (AvgIpc) is 3.49. The van der Waals surface area contributed by atoms with Gasteiger partial charge in [0, 0.05) is 29.6 Å². The Labute approximate surface area is 205 Å². The van der Waals surface area contributed by atoms with Gasteiger partial charge in [0.25, 0.3) is 5.69 Å². The zero-order valence-corrected chi connectivity index (χ0v) is 19.3. The number of aromatic nitrogens is 3. The molecule has 0 fully saturated rings. The molecule has 2 heterocycles. The number of nitro groups is 1. The van der Waals surface area contributed by atoms with E-state index in [1.807, 2.05) is 48.0 Å². The largest absolute Gasteiger partial charge is 0.369 e. The first kappa shape index (κ1) is 23.1. The molecule has 0 saturated heterocycles. The maximum atomic E-state index is 13.2. The van der Waals surface area contributed by atoms with E-state index < -0.39 is 4.92 Å². The van der Waals surface area contributed by atoms with E-state index in [9.17, 15) is 14.5 Å². The summed E-state index contributed by atoms with van der Waals surface area (Å²) in [5.41, 5.74) is 4.45. The van der Waals surface area contributed by atoms with Crippen LogP contribution in [0.15, 0.2) is 89.6 Å². The molecule has 5 rings (SSSR count). The predicted molar refractivity (Wildman–Crippen MR) is 131 cm³/mol. The van der Waals surface area contributed by atoms with Crippen LogP contribution in [-0.4, -0.2) is 19.6 Å². The van der Waals surface area contributed by atoms with Gasteiger partial charge in [0.1, 0.15) is 29.7 Å². The SMILES string of the molecule is Cc1onc(-c2ccccc2)c1-c1cn(-c2ccc([N+](=O)[O-])cc2)c(COCc2ccc(F)cc2)n1. The minimum Gasteiger partial charge on any atom is -0.369 e. The summed E-state index contributed by atoms with van der Waals surface area (Å²) >= 11 is 0. The quantitative estimate of drug-likeness (QED) is 0.190. The van der Waals surface area contributed by atoms with Crippen LogP contribution < -0.4 is 0 Å². The van der Waals surface area contributed by atoms with Gasteiger partial charge in [0.05, 0.1) is 22.8 Å². The van der Waals surface area contributed by atoms with Crippen LogP contribution in [0.5, 0.6) is 0 Å². The summed E-state index contributed by atoms with van der Waals surface area (Å²) in [6, 6.07) is 22.0. The fourth-order valence-electron chi connectivity index (χ4n) is 3.91. The molecule has 0 spiro atoms. The summed E-state index contributed by atoms with van der Waals surface area (Å²) in [6.45, 7) is 2.24. The third-order valence-electron chi connectivity index (χ3n) is 5.70. The molecule has 0 saturated carbocycles. The van der Waals surface area contributed by atoms with Gasteiger partial charge in [-0.2, -0.15) is 0 Å². The highest BCUT2D eigenvalue weighted by Crippen LogP contribution is 2.34. The number of rotatable bonds is 8. The fourth-order valence-corrected chi connectivity index (χ4v) is 3.91. The molecule has 0 aliphatic rings. The Kier molecular flexibility index (Phi) is 6.38. The standard InChI is InChI=1S/C27H21FN4O4/c1-18-26(27(30-36-18)20-5-3-2-4-6-20)24-15-31(22-11-13-23(14-12-22)32(33)34)25(29-24)17-35-16-19-7-9-21(28)10-8-19/h2-15H,16-17H2,1H3. The van der Waals surface area contributed by atoms with Crippen molar-refractivity contribution in [3.8, 4) is 28.2 Å². The van der Waals surface area contributed by atoms with Crippen LogP contribution >= 0.6 is 0 Å². The smallest absolute Gasteiger partial charge is 0.269 e. The minimum atomic E-state index is -0.442. The van der Waals surface area contributed by atoms with Gasteiger partial charge in [-0.15, -0.1) is 0 Å². The summed E-state index contributed by atoms with van der Waals surface area (Å²) in [6.07, 6.45) is 1.84. The summed E-state index contributed by atoms with van der Waals surface area (Å²) in [5.74, 6) is 0.886. The van der Waals surface area contributed by atoms with Crippen molar-refractivity contribution in [2.24, 2.45) is 0 Å². The van der Waals surface area contributed by atoms with E-state index in [2.05, 4.69) is 5.16 Å². The van der Waals surface area contributed by atoms with Crippen molar-refractivity contribution in [2.45, 2.75) is 20.1 Å². The highest BCUT2D eigenvalue weighted by molar-refractivity contribution is 5.80. The minimum absolute atomic E-state index is 0.00515. The molecule has 3 aromatic carbocycles. The zero-order valence-electron chi connectivity index (χ0n) is 19.3. The highest BCUT2D eigenvalue weighted by Gasteiger charge is 2.21. The number of benzene rings is 3. The Balaban J connectivity index is 1.51. The number of non-ortho nitro benzene ring substituents is 1. The lowest BCUT2D eigenvalue weighted by molar-refractivity contribution is -0.384. The molecule has 0 aliphatic carbocycles. The lowest BCUT2D eigenvalue weighted by Gasteiger charge is -2.08. The van der Waals surface area contributed by atoms with E-state index >= 15 is 0 Å². The van der Waals surface area contributed by atoms with E-state index in [0.717, 1.165) is 16.7 Å². The van der Waals surface area contributed by atoms with Gasteiger partial charge in [-0.3, -0.25) is 10.1 Å². The average molecular weight is 484 g/mol. The van der Waals surface area contributed by atoms with Gasteiger partial charge in [-0.05, 0) is 36.8 Å². The van der Waals surface area contributed by atoms with Crippen molar-refractivity contribution >= 4 is 5.69 Å². The first-order chi connectivity index (χ1) is 17.5. The lowest BCUT2D eigenvalue weighted by Crippen LogP contribution is -2.03. The Morgan fingerprint density at radius 2 is 1.72 bits per heavy atom. The summed E-state index contributed by atoms with van der Waals surface area (Å²) < 4.78 is 26.4. The van der Waals surface area contributed by atoms with E-state index in [-0.39, 0.29) is 24.7 Å². The molecule has 2 aromatic heterocycles. The normalized spacial score (nSPS) is 11.1. The zero-order chi connectivity index (χ0) is 25.1. The molecular formula is C27H21FN4O4. The summed E-state index contributed by atoms with van der Waals surface area (Å²) in [5, 5.41) is 15.4. The molecule has 0 bridgehead atoms. The molecule has 0 radical (unpaired) electrons. The Hall–Kier alpha value is -4.63. The third kappa shape index (κ3) is 4.77. The molecule has 5 aromatic rings. The van der Waals surface area contributed by atoms with Gasteiger partial charge in [-0.1, -0.05) is 47.6 Å². The molecule has 9 heteroatoms. The van der Waals surface area contributed by atoms with Crippen LogP contribution in [0.3, 0.4) is 0 Å². The van der Waals surface area contributed by atoms with Gasteiger partial charge in [0.2, 0.25) is 0 Å². The number of aryl methyl sites for hydroxylation is 1. The van der Waals surface area contributed by atoms with Crippen LogP contribution in [-0.2, 0) is 18.0 Å². The van der Waals surface area contributed by atoms with Crippen LogP contribution in [0, 0.1) is 22.9 Å². The van der Waals surface area contributed by atoms with Crippen molar-refractivity contribution in [2.75, 3.05) is 0 Å². The van der Waals surface area contributed by atoms with E-state index in [1.165, 1.54) is 24.3 Å². The van der Waals surface area contributed by atoms with E-state index in [0.29, 0.717) is 28.7 Å². The monoisotopic (exact) mass is 484 g/mol. The molecule has 36 heavy (non-hydrogen) atoms. The van der Waals surface area contributed by atoms with E-state index in [1.54, 1.807) is 24.3 Å². The topological polar surface area (TPSA) is 96.2 Å². The molecule has 8 nitrogen and oxygen atoms in total. The molecule has 0 N–H and O–H groups in total. The fraction of sp³-hybridized carbons (Fsp3) is 0.111. The number of hydrogen-bond acceptors (Lipinski definition) is 6. The van der Waals surface area contributed by atoms with Crippen molar-refractivity contribution in [1.82, 2.24) is 14.7 Å². The maximum Gasteiger partial charge on any atom is 0.269 e. The van der Waals surface area contributed by atoms with Gasteiger partial charge >= 0.3 is 0 Å². The van der Waals surface area contributed by atoms with Crippen LogP contribution in [0.25, 0.3) is 28.2 Å². The van der Waals surface area contributed by atoms with Crippen LogP contribution in [0.2, 0.25) is 0 Å². The lowest BCUT2D eigenvalue weighted by atomic mass is 10.0. The Morgan fingerprint density at radius 3 is 2.42 bits per heavy atom. The van der Waals surface area contributed by atoms with Crippen molar-refractivity contribution < 1.29 is 18.6 Å². The van der Waals surface area contributed by atoms with Crippen LogP contribution in [0.1, 0.15) is 17.1 Å². The molecule has 0 amide bonds. The highest BCUT2D eigenvalue weighted by atomic mass is 19.1. The second-order valence-corrected chi connectivity index (χ2v) is 8.13. The number of nitrogens with zero attached hydrogens (tertiary/aromatic N) is 4. The molecule has 180 valence electrons. The van der Waals surface area contributed by atoms with E-state index in [4.69, 9.17) is 14.2 Å². The summed E-state index contributed by atoms with van der Waals surface area (Å²) in [7, 11) is 0. The van der Waals surface area contributed by atoms with Gasteiger partial charge < -0.3 is 13.8 Å². The first-order valence-corrected chi connectivity index (χ1v) is 11.2. The molecule has 0 aliphatic heterocycles. The van der Waals surface area contributed by atoms with Gasteiger partial charge in [0.15, 0.2) is 0 Å². The number of ether oxygens (including phenoxy) is 1. The van der Waals surface area contributed by atoms with Crippen molar-refractivity contribution in [1.29, 1.82) is 0 Å². The number of nitro benzene ring substituents is 1. The number of halogens is 1. The predicted octanol–water partition coefficient (Wildman–Crippen LogP) is 6.27. The third-order valence-corrected chi connectivity index (χ3v) is 5.70. The Bertz CT molecular complexity index is 1490. The van der Waals surface area contributed by atoms with Crippen LogP contribution in [0.4, 0.5) is 10.1 Å². The molecule has 0 unspecified atom stereocenters.